The fourth-order valence-corrected chi connectivity index (χ4v) is 0.0962. The van der Waals surface area contributed by atoms with Crippen LogP contribution in [0, 0.1) is 0 Å². The van der Waals surface area contributed by atoms with Gasteiger partial charge in [-0.1, -0.05) is 6.08 Å². The van der Waals surface area contributed by atoms with Crippen molar-refractivity contribution in [3.05, 3.63) is 12.7 Å². The first-order chi connectivity index (χ1) is 5.31. The van der Waals surface area contributed by atoms with Crippen LogP contribution in [-0.2, 0) is 9.47 Å². The van der Waals surface area contributed by atoms with Crippen LogP contribution in [0.3, 0.4) is 0 Å². The molecule has 2 aliphatic rings. The summed E-state index contributed by atoms with van der Waals surface area (Å²) >= 11 is 0. The third kappa shape index (κ3) is 26.2. The Hall–Kier alpha value is -0.380. The second kappa shape index (κ2) is 7.72. The molecule has 66 valence electrons. The fourth-order valence-electron chi connectivity index (χ4n) is 0.0962. The monoisotopic (exact) mass is 160 g/mol. The quantitative estimate of drug-likeness (QED) is 0.451. The first kappa shape index (κ1) is 10.6. The lowest BCUT2D eigenvalue weighted by Crippen LogP contribution is -1.62. The number of ether oxygens (including phenoxy) is 2. The Bertz CT molecular complexity index is 84.6. The standard InChI is InChI=1S/2C3H6O.C2H4O/c1-3-2-4-3;1-2-3-4;1-2-3-1/h3H,2H2,1H3;2,4H,1,3H2;1-2H2. The molecule has 0 spiro atoms. The molecule has 1 N–H and O–H groups in total. The van der Waals surface area contributed by atoms with Gasteiger partial charge in [-0.25, -0.2) is 0 Å². The topological polar surface area (TPSA) is 45.3 Å². The number of hydrogen-bond acceptors (Lipinski definition) is 3. The van der Waals surface area contributed by atoms with Crippen molar-refractivity contribution in [3.63, 3.8) is 0 Å². The average Bonchev–Trinajstić information content (AvgIpc) is 2.81. The average molecular weight is 160 g/mol. The summed E-state index contributed by atoms with van der Waals surface area (Å²) in [5, 5.41) is 7.76. The second-order valence-electron chi connectivity index (χ2n) is 2.23. The van der Waals surface area contributed by atoms with Crippen LogP contribution in [0.4, 0.5) is 0 Å². The number of aliphatic hydroxyl groups excluding tert-OH is 1. The minimum atomic E-state index is 0.0833. The van der Waals surface area contributed by atoms with E-state index in [4.69, 9.17) is 9.84 Å². The van der Waals surface area contributed by atoms with Crippen molar-refractivity contribution < 1.29 is 14.6 Å². The summed E-state index contributed by atoms with van der Waals surface area (Å²) in [7, 11) is 0. The van der Waals surface area contributed by atoms with Crippen LogP contribution in [0.1, 0.15) is 6.92 Å². The van der Waals surface area contributed by atoms with Gasteiger partial charge < -0.3 is 14.6 Å². The fraction of sp³-hybridized carbons (Fsp3) is 0.750. The van der Waals surface area contributed by atoms with Gasteiger partial charge in [0, 0.05) is 0 Å². The molecule has 0 aromatic rings. The Morgan fingerprint density at radius 2 is 1.91 bits per heavy atom. The summed E-state index contributed by atoms with van der Waals surface area (Å²) in [4.78, 5) is 0. The van der Waals surface area contributed by atoms with Gasteiger partial charge in [0.15, 0.2) is 0 Å². The maximum absolute atomic E-state index is 7.76. The molecule has 2 aliphatic heterocycles. The van der Waals surface area contributed by atoms with Gasteiger partial charge in [-0.05, 0) is 6.92 Å². The molecule has 0 bridgehead atoms. The molecular weight excluding hydrogens is 144 g/mol. The number of rotatable bonds is 1. The maximum atomic E-state index is 7.76. The third-order valence-corrected chi connectivity index (χ3v) is 0.833. The molecule has 2 saturated heterocycles. The summed E-state index contributed by atoms with van der Waals surface area (Å²) in [6.07, 6.45) is 2.01. The van der Waals surface area contributed by atoms with Gasteiger partial charge in [-0.3, -0.25) is 0 Å². The predicted molar refractivity (Wildman–Crippen MR) is 43.5 cm³/mol. The van der Waals surface area contributed by atoms with E-state index in [0.29, 0.717) is 6.10 Å². The van der Waals surface area contributed by atoms with E-state index < -0.39 is 0 Å². The van der Waals surface area contributed by atoms with E-state index in [2.05, 4.69) is 18.2 Å². The predicted octanol–water partition coefficient (Wildman–Crippen LogP) is 0.586. The van der Waals surface area contributed by atoms with Crippen molar-refractivity contribution in [1.29, 1.82) is 0 Å². The normalized spacial score (nSPS) is 23.3. The molecular formula is C8H16O3. The van der Waals surface area contributed by atoms with E-state index in [1.165, 1.54) is 6.08 Å². The molecule has 1 unspecified atom stereocenters. The zero-order chi connectivity index (χ0) is 8.53. The molecule has 1 atom stereocenters. The lowest BCUT2D eigenvalue weighted by molar-refractivity contribution is 0.343. The molecule has 2 rings (SSSR count). The molecule has 0 amide bonds. The van der Waals surface area contributed by atoms with Crippen molar-refractivity contribution in [1.82, 2.24) is 0 Å². The van der Waals surface area contributed by atoms with Gasteiger partial charge in [0.25, 0.3) is 0 Å². The Morgan fingerprint density at radius 3 is 1.91 bits per heavy atom. The smallest absolute Gasteiger partial charge is 0.0781 e. The van der Waals surface area contributed by atoms with E-state index in [9.17, 15) is 0 Å². The van der Waals surface area contributed by atoms with Crippen LogP contribution in [-0.4, -0.2) is 37.6 Å². The summed E-state index contributed by atoms with van der Waals surface area (Å²) in [5.41, 5.74) is 0. The van der Waals surface area contributed by atoms with E-state index in [-0.39, 0.29) is 6.61 Å². The van der Waals surface area contributed by atoms with Crippen LogP contribution in [0.2, 0.25) is 0 Å². The Kier molecular flexibility index (Phi) is 7.46. The lowest BCUT2D eigenvalue weighted by atomic mass is 10.6. The summed E-state index contributed by atoms with van der Waals surface area (Å²) in [6.45, 7) is 8.35. The first-order valence-electron chi connectivity index (χ1n) is 3.72. The van der Waals surface area contributed by atoms with E-state index in [0.717, 1.165) is 19.8 Å². The largest absolute Gasteiger partial charge is 0.392 e. The van der Waals surface area contributed by atoms with E-state index >= 15 is 0 Å². The third-order valence-electron chi connectivity index (χ3n) is 0.833. The van der Waals surface area contributed by atoms with Crippen LogP contribution in [0.5, 0.6) is 0 Å². The van der Waals surface area contributed by atoms with Crippen LogP contribution in [0.25, 0.3) is 0 Å². The van der Waals surface area contributed by atoms with Gasteiger partial charge in [-0.15, -0.1) is 6.58 Å². The molecule has 2 fully saturated rings. The van der Waals surface area contributed by atoms with Crippen molar-refractivity contribution in [2.45, 2.75) is 13.0 Å². The van der Waals surface area contributed by atoms with Crippen LogP contribution >= 0.6 is 0 Å². The summed E-state index contributed by atoms with van der Waals surface area (Å²) < 4.78 is 9.21. The van der Waals surface area contributed by atoms with Crippen LogP contribution in [0.15, 0.2) is 12.7 Å². The van der Waals surface area contributed by atoms with Gasteiger partial charge >= 0.3 is 0 Å². The Labute approximate surface area is 67.6 Å². The van der Waals surface area contributed by atoms with Gasteiger partial charge in [0.2, 0.25) is 0 Å². The van der Waals surface area contributed by atoms with Gasteiger partial charge in [0.1, 0.15) is 0 Å². The second-order valence-corrected chi connectivity index (χ2v) is 2.23. The molecule has 0 aromatic heterocycles. The molecule has 0 aliphatic carbocycles. The highest BCUT2D eigenvalue weighted by atomic mass is 16.6. The highest BCUT2D eigenvalue weighted by Gasteiger charge is 2.13. The Morgan fingerprint density at radius 1 is 1.64 bits per heavy atom. The molecule has 0 radical (unpaired) electrons. The minimum absolute atomic E-state index is 0.0833. The van der Waals surface area contributed by atoms with E-state index in [1.807, 2.05) is 0 Å². The van der Waals surface area contributed by atoms with Crippen molar-refractivity contribution >= 4 is 0 Å². The highest BCUT2D eigenvalue weighted by Crippen LogP contribution is 2.04. The SMILES string of the molecule is C1CO1.C=CCO.CC1CO1. The molecule has 0 saturated carbocycles. The summed E-state index contributed by atoms with van der Waals surface area (Å²) in [5.74, 6) is 0. The number of epoxide rings is 2. The zero-order valence-corrected chi connectivity index (χ0v) is 6.95. The van der Waals surface area contributed by atoms with Crippen molar-refractivity contribution in [3.8, 4) is 0 Å². The number of aliphatic hydroxyl groups is 1. The maximum Gasteiger partial charge on any atom is 0.0781 e. The van der Waals surface area contributed by atoms with Gasteiger partial charge in [0.05, 0.1) is 32.5 Å². The van der Waals surface area contributed by atoms with Crippen LogP contribution < -0.4 is 0 Å². The lowest BCUT2D eigenvalue weighted by Gasteiger charge is -1.60. The minimum Gasteiger partial charge on any atom is -0.392 e. The molecule has 3 nitrogen and oxygen atoms in total. The molecule has 3 heteroatoms. The molecule has 11 heavy (non-hydrogen) atoms. The zero-order valence-electron chi connectivity index (χ0n) is 6.95. The van der Waals surface area contributed by atoms with E-state index in [1.54, 1.807) is 0 Å². The van der Waals surface area contributed by atoms with Crippen molar-refractivity contribution in [2.75, 3.05) is 26.4 Å². The highest BCUT2D eigenvalue weighted by molar-refractivity contribution is 4.60. The molecule has 2 heterocycles. The Balaban J connectivity index is 0.000000137. The number of hydrogen-bond donors (Lipinski definition) is 1. The first-order valence-corrected chi connectivity index (χ1v) is 3.72. The molecule has 0 aromatic carbocycles. The van der Waals surface area contributed by atoms with Gasteiger partial charge in [-0.2, -0.15) is 0 Å². The summed E-state index contributed by atoms with van der Waals surface area (Å²) in [6, 6.07) is 0. The van der Waals surface area contributed by atoms with Crippen molar-refractivity contribution in [2.24, 2.45) is 0 Å².